The van der Waals surface area contributed by atoms with Crippen molar-refractivity contribution in [2.45, 2.75) is 44.7 Å². The highest BCUT2D eigenvalue weighted by atomic mass is 32.1. The molecule has 0 bridgehead atoms. The number of hydrogen-bond acceptors (Lipinski definition) is 3. The standard InChI is InChI=1S/C22H24N4OS/c27-22(23-11-5-12-25-15-24-17-8-3-4-9-18(17)25)20-14-21-19(10-13-28-21)26(20)16-6-1-2-7-16/h3-4,8-10,13-16H,1-2,5-7,11-12H2,(H,23,27). The van der Waals surface area contributed by atoms with Gasteiger partial charge in [0.1, 0.15) is 5.69 Å². The minimum Gasteiger partial charge on any atom is -0.351 e. The minimum absolute atomic E-state index is 0.0470. The maximum Gasteiger partial charge on any atom is 0.267 e. The first-order chi connectivity index (χ1) is 13.8. The fourth-order valence-electron chi connectivity index (χ4n) is 4.41. The molecule has 4 aromatic rings. The predicted octanol–water partition coefficient (Wildman–Crippen LogP) is 4.99. The van der Waals surface area contributed by atoms with Gasteiger partial charge >= 0.3 is 0 Å². The van der Waals surface area contributed by atoms with E-state index in [0.29, 0.717) is 12.6 Å². The summed E-state index contributed by atoms with van der Waals surface area (Å²) in [5.74, 6) is 0.0470. The molecule has 1 amide bonds. The Kier molecular flexibility index (Phi) is 4.64. The second kappa shape index (κ2) is 7.43. The Morgan fingerprint density at radius 1 is 1.18 bits per heavy atom. The summed E-state index contributed by atoms with van der Waals surface area (Å²) in [5, 5.41) is 5.25. The van der Waals surface area contributed by atoms with Crippen molar-refractivity contribution < 1.29 is 4.79 Å². The zero-order valence-corrected chi connectivity index (χ0v) is 16.6. The molecule has 0 spiro atoms. The third-order valence-electron chi connectivity index (χ3n) is 5.77. The van der Waals surface area contributed by atoms with Crippen LogP contribution in [-0.4, -0.2) is 26.6 Å². The van der Waals surface area contributed by atoms with E-state index < -0.39 is 0 Å². The molecule has 5 nitrogen and oxygen atoms in total. The van der Waals surface area contributed by atoms with Crippen molar-refractivity contribution in [3.05, 3.63) is 53.8 Å². The van der Waals surface area contributed by atoms with Crippen LogP contribution in [0.25, 0.3) is 21.3 Å². The van der Waals surface area contributed by atoms with Gasteiger partial charge in [-0.05, 0) is 48.9 Å². The van der Waals surface area contributed by atoms with Crippen LogP contribution in [0.2, 0.25) is 0 Å². The number of nitrogens with one attached hydrogen (secondary N) is 1. The summed E-state index contributed by atoms with van der Waals surface area (Å²) in [5.41, 5.74) is 4.19. The van der Waals surface area contributed by atoms with Gasteiger partial charge in [-0.3, -0.25) is 4.79 Å². The van der Waals surface area contributed by atoms with E-state index in [-0.39, 0.29) is 5.91 Å². The first-order valence-electron chi connectivity index (χ1n) is 10.1. The van der Waals surface area contributed by atoms with E-state index in [0.717, 1.165) is 29.7 Å². The molecule has 1 aromatic carbocycles. The van der Waals surface area contributed by atoms with E-state index in [1.807, 2.05) is 24.5 Å². The third kappa shape index (κ3) is 3.11. The lowest BCUT2D eigenvalue weighted by atomic mass is 10.2. The smallest absolute Gasteiger partial charge is 0.267 e. The van der Waals surface area contributed by atoms with Crippen molar-refractivity contribution in [2.24, 2.45) is 0 Å². The van der Waals surface area contributed by atoms with Crippen LogP contribution in [0, 0.1) is 0 Å². The average Bonchev–Trinajstić information content (AvgIpc) is 3.48. The van der Waals surface area contributed by atoms with Gasteiger partial charge in [0, 0.05) is 19.1 Å². The van der Waals surface area contributed by atoms with E-state index in [1.165, 1.54) is 35.9 Å². The predicted molar refractivity (Wildman–Crippen MR) is 114 cm³/mol. The monoisotopic (exact) mass is 392 g/mol. The number of para-hydroxylation sites is 2. The lowest BCUT2D eigenvalue weighted by molar-refractivity contribution is 0.0942. The molecule has 3 heterocycles. The molecule has 1 N–H and O–H groups in total. The van der Waals surface area contributed by atoms with Crippen molar-refractivity contribution in [1.29, 1.82) is 0 Å². The highest BCUT2D eigenvalue weighted by Gasteiger charge is 2.24. The first-order valence-corrected chi connectivity index (χ1v) is 11.0. The van der Waals surface area contributed by atoms with E-state index >= 15 is 0 Å². The van der Waals surface area contributed by atoms with Crippen LogP contribution in [0.15, 0.2) is 48.1 Å². The van der Waals surface area contributed by atoms with E-state index in [9.17, 15) is 4.79 Å². The van der Waals surface area contributed by atoms with Crippen LogP contribution in [0.3, 0.4) is 0 Å². The topological polar surface area (TPSA) is 51.9 Å². The summed E-state index contributed by atoms with van der Waals surface area (Å²) < 4.78 is 5.65. The van der Waals surface area contributed by atoms with Crippen LogP contribution >= 0.6 is 11.3 Å². The van der Waals surface area contributed by atoms with Crippen molar-refractivity contribution in [3.8, 4) is 0 Å². The molecular formula is C22H24N4OS. The summed E-state index contributed by atoms with van der Waals surface area (Å²) in [4.78, 5) is 17.3. The van der Waals surface area contributed by atoms with Crippen LogP contribution in [-0.2, 0) is 6.54 Å². The molecule has 6 heteroatoms. The maximum atomic E-state index is 12.9. The van der Waals surface area contributed by atoms with Gasteiger partial charge < -0.3 is 14.5 Å². The number of carbonyl (C=O) groups is 1. The zero-order valence-electron chi connectivity index (χ0n) is 15.8. The van der Waals surface area contributed by atoms with Gasteiger partial charge in [-0.15, -0.1) is 11.3 Å². The maximum absolute atomic E-state index is 12.9. The molecule has 0 unspecified atom stereocenters. The quantitative estimate of drug-likeness (QED) is 0.470. The lowest BCUT2D eigenvalue weighted by Gasteiger charge is -2.17. The number of nitrogens with zero attached hydrogens (tertiary/aromatic N) is 3. The summed E-state index contributed by atoms with van der Waals surface area (Å²) in [7, 11) is 0. The van der Waals surface area contributed by atoms with Crippen molar-refractivity contribution in [2.75, 3.05) is 6.54 Å². The number of rotatable bonds is 6. The number of aromatic nitrogens is 3. The van der Waals surface area contributed by atoms with Gasteiger partial charge in [-0.1, -0.05) is 25.0 Å². The summed E-state index contributed by atoms with van der Waals surface area (Å²) in [6.45, 7) is 1.51. The van der Waals surface area contributed by atoms with E-state index in [1.54, 1.807) is 11.3 Å². The Morgan fingerprint density at radius 2 is 2.04 bits per heavy atom. The number of amides is 1. The Balaban J connectivity index is 1.26. The van der Waals surface area contributed by atoms with Crippen molar-refractivity contribution >= 4 is 38.5 Å². The molecule has 1 aliphatic carbocycles. The summed E-state index contributed by atoms with van der Waals surface area (Å²) in [6.07, 6.45) is 7.63. The largest absolute Gasteiger partial charge is 0.351 e. The molecule has 0 atom stereocenters. The van der Waals surface area contributed by atoms with E-state index in [4.69, 9.17) is 0 Å². The fraction of sp³-hybridized carbons (Fsp3) is 0.364. The van der Waals surface area contributed by atoms with Gasteiger partial charge in [-0.25, -0.2) is 4.98 Å². The number of benzene rings is 1. The number of imidazole rings is 1. The average molecular weight is 393 g/mol. The number of fused-ring (bicyclic) bond motifs is 2. The summed E-state index contributed by atoms with van der Waals surface area (Å²) in [6, 6.07) is 12.8. The molecule has 5 rings (SSSR count). The Morgan fingerprint density at radius 3 is 2.93 bits per heavy atom. The van der Waals surface area contributed by atoms with Crippen LogP contribution < -0.4 is 5.32 Å². The third-order valence-corrected chi connectivity index (χ3v) is 6.62. The van der Waals surface area contributed by atoms with Crippen LogP contribution in [0.4, 0.5) is 0 Å². The lowest BCUT2D eigenvalue weighted by Crippen LogP contribution is -2.28. The molecule has 3 aromatic heterocycles. The van der Waals surface area contributed by atoms with Crippen molar-refractivity contribution in [1.82, 2.24) is 19.4 Å². The van der Waals surface area contributed by atoms with Gasteiger partial charge in [0.2, 0.25) is 0 Å². The first kappa shape index (κ1) is 17.5. The zero-order chi connectivity index (χ0) is 18.9. The number of aryl methyl sites for hydroxylation is 1. The van der Waals surface area contributed by atoms with Crippen LogP contribution in [0.1, 0.15) is 48.6 Å². The van der Waals surface area contributed by atoms with Gasteiger partial charge in [0.25, 0.3) is 5.91 Å². The molecule has 144 valence electrons. The highest BCUT2D eigenvalue weighted by Crippen LogP contribution is 2.36. The molecule has 1 fully saturated rings. The minimum atomic E-state index is 0.0470. The number of thiophene rings is 1. The molecule has 1 aliphatic rings. The second-order valence-electron chi connectivity index (χ2n) is 7.54. The highest BCUT2D eigenvalue weighted by molar-refractivity contribution is 7.17. The van der Waals surface area contributed by atoms with Crippen LogP contribution in [0.5, 0.6) is 0 Å². The molecule has 1 saturated carbocycles. The van der Waals surface area contributed by atoms with Gasteiger partial charge in [-0.2, -0.15) is 0 Å². The van der Waals surface area contributed by atoms with Gasteiger partial charge in [0.15, 0.2) is 0 Å². The molecule has 0 aliphatic heterocycles. The Bertz CT molecular complexity index is 1120. The fourth-order valence-corrected chi connectivity index (χ4v) is 5.22. The van der Waals surface area contributed by atoms with Crippen molar-refractivity contribution in [3.63, 3.8) is 0 Å². The number of hydrogen-bond donors (Lipinski definition) is 1. The van der Waals surface area contributed by atoms with Gasteiger partial charge in [0.05, 0.1) is 27.6 Å². The molecule has 28 heavy (non-hydrogen) atoms. The SMILES string of the molecule is O=C(NCCCn1cnc2ccccc21)c1cc2sccc2n1C1CCCC1. The molecular weight excluding hydrogens is 368 g/mol. The summed E-state index contributed by atoms with van der Waals surface area (Å²) >= 11 is 1.72. The second-order valence-corrected chi connectivity index (χ2v) is 8.49. The Hall–Kier alpha value is -2.60. The Labute approximate surface area is 168 Å². The number of carbonyl (C=O) groups excluding carboxylic acids is 1. The molecule has 0 saturated heterocycles. The van der Waals surface area contributed by atoms with E-state index in [2.05, 4.69) is 43.0 Å². The molecule has 0 radical (unpaired) electrons. The normalized spacial score (nSPS) is 15.0.